The van der Waals surface area contributed by atoms with Crippen molar-refractivity contribution in [2.75, 3.05) is 13.2 Å². The van der Waals surface area contributed by atoms with E-state index < -0.39 is 0 Å². The van der Waals surface area contributed by atoms with E-state index in [0.29, 0.717) is 13.2 Å². The summed E-state index contributed by atoms with van der Waals surface area (Å²) < 4.78 is 6.80. The minimum Gasteiger partial charge on any atom is -0.493 e. The van der Waals surface area contributed by atoms with E-state index in [1.165, 1.54) is 0 Å². The lowest BCUT2D eigenvalue weighted by Crippen LogP contribution is -2.41. The minimum atomic E-state index is 0.0848. The molecule has 2 aromatic rings. The van der Waals surface area contributed by atoms with Gasteiger partial charge in [0.15, 0.2) is 0 Å². The summed E-state index contributed by atoms with van der Waals surface area (Å²) in [5.74, 6) is 1.20. The van der Waals surface area contributed by atoms with Gasteiger partial charge in [0, 0.05) is 22.1 Å². The van der Waals surface area contributed by atoms with Gasteiger partial charge < -0.3 is 9.64 Å². The van der Waals surface area contributed by atoms with E-state index in [1.807, 2.05) is 59.5 Å². The standard InChI is InChI=1S/C20H24INO2/c1-15(2)22(20(23)18-11-7-8-12-19(18)21)13-16(3)14-24-17-9-5-4-6-10-17/h4-12,15-16H,13-14H2,1-3H3. The highest BCUT2D eigenvalue weighted by Gasteiger charge is 2.22. The highest BCUT2D eigenvalue weighted by molar-refractivity contribution is 14.1. The van der Waals surface area contributed by atoms with E-state index in [4.69, 9.17) is 4.74 Å². The van der Waals surface area contributed by atoms with Gasteiger partial charge in [-0.2, -0.15) is 0 Å². The zero-order valence-electron chi connectivity index (χ0n) is 14.4. The van der Waals surface area contributed by atoms with Gasteiger partial charge in [-0.05, 0) is 60.7 Å². The average molecular weight is 437 g/mol. The number of hydrogen-bond donors (Lipinski definition) is 0. The van der Waals surface area contributed by atoms with Crippen molar-refractivity contribution in [1.82, 2.24) is 4.90 Å². The Labute approximate surface area is 158 Å². The van der Waals surface area contributed by atoms with E-state index in [9.17, 15) is 4.79 Å². The van der Waals surface area contributed by atoms with Crippen LogP contribution in [-0.4, -0.2) is 30.0 Å². The molecule has 2 rings (SSSR count). The number of amides is 1. The first-order chi connectivity index (χ1) is 11.5. The maximum absolute atomic E-state index is 12.9. The van der Waals surface area contributed by atoms with Gasteiger partial charge in [0.2, 0.25) is 0 Å². The fourth-order valence-corrected chi connectivity index (χ4v) is 3.08. The molecule has 0 heterocycles. The molecule has 24 heavy (non-hydrogen) atoms. The molecule has 0 aliphatic heterocycles. The second-order valence-corrected chi connectivity index (χ2v) is 7.42. The van der Waals surface area contributed by atoms with Gasteiger partial charge in [-0.3, -0.25) is 4.79 Å². The van der Waals surface area contributed by atoms with Crippen molar-refractivity contribution in [2.24, 2.45) is 5.92 Å². The molecule has 2 aromatic carbocycles. The summed E-state index contributed by atoms with van der Waals surface area (Å²) in [6.45, 7) is 7.49. The van der Waals surface area contributed by atoms with E-state index in [0.717, 1.165) is 14.9 Å². The molecule has 0 bridgehead atoms. The van der Waals surface area contributed by atoms with Crippen molar-refractivity contribution in [1.29, 1.82) is 0 Å². The topological polar surface area (TPSA) is 29.5 Å². The first-order valence-corrected chi connectivity index (χ1v) is 9.30. The number of ether oxygens (including phenoxy) is 1. The molecule has 0 spiro atoms. The quantitative estimate of drug-likeness (QED) is 0.580. The van der Waals surface area contributed by atoms with Crippen molar-refractivity contribution < 1.29 is 9.53 Å². The van der Waals surface area contributed by atoms with Crippen LogP contribution >= 0.6 is 22.6 Å². The summed E-state index contributed by atoms with van der Waals surface area (Å²) in [5, 5.41) is 0. The number of benzene rings is 2. The summed E-state index contributed by atoms with van der Waals surface area (Å²) in [5.41, 5.74) is 0.767. The Morgan fingerprint density at radius 1 is 1.04 bits per heavy atom. The lowest BCUT2D eigenvalue weighted by Gasteiger charge is -2.30. The normalized spacial score (nSPS) is 12.0. The average Bonchev–Trinajstić information content (AvgIpc) is 2.58. The number of halogens is 1. The van der Waals surface area contributed by atoms with Crippen LogP contribution in [0.1, 0.15) is 31.1 Å². The Morgan fingerprint density at radius 3 is 2.29 bits per heavy atom. The van der Waals surface area contributed by atoms with Crippen LogP contribution in [-0.2, 0) is 0 Å². The van der Waals surface area contributed by atoms with Gasteiger partial charge in [-0.1, -0.05) is 37.3 Å². The first kappa shape index (κ1) is 18.8. The zero-order chi connectivity index (χ0) is 17.5. The summed E-state index contributed by atoms with van der Waals surface area (Å²) >= 11 is 2.22. The van der Waals surface area contributed by atoms with Crippen molar-refractivity contribution in [3.05, 3.63) is 63.7 Å². The second kappa shape index (κ2) is 9.06. The van der Waals surface area contributed by atoms with E-state index in [-0.39, 0.29) is 17.9 Å². The van der Waals surface area contributed by atoms with Gasteiger partial charge in [0.05, 0.1) is 12.2 Å². The molecule has 0 fully saturated rings. The van der Waals surface area contributed by atoms with Crippen LogP contribution in [0.2, 0.25) is 0 Å². The maximum Gasteiger partial charge on any atom is 0.255 e. The summed E-state index contributed by atoms with van der Waals surface area (Å²) in [6, 6.07) is 17.7. The van der Waals surface area contributed by atoms with Crippen LogP contribution < -0.4 is 4.74 Å². The predicted octanol–water partition coefficient (Wildman–Crippen LogP) is 4.86. The molecule has 128 valence electrons. The maximum atomic E-state index is 12.9. The Hall–Kier alpha value is -1.56. The number of para-hydroxylation sites is 1. The fourth-order valence-electron chi connectivity index (χ4n) is 2.46. The van der Waals surface area contributed by atoms with E-state index >= 15 is 0 Å². The van der Waals surface area contributed by atoms with Crippen molar-refractivity contribution in [3.8, 4) is 5.75 Å². The van der Waals surface area contributed by atoms with Crippen molar-refractivity contribution >= 4 is 28.5 Å². The molecule has 4 heteroatoms. The van der Waals surface area contributed by atoms with Crippen LogP contribution in [0.15, 0.2) is 54.6 Å². The Bertz CT molecular complexity index is 658. The third-order valence-corrected chi connectivity index (χ3v) is 4.72. The SMILES string of the molecule is CC(COc1ccccc1)CN(C(=O)c1ccccc1I)C(C)C. The van der Waals surface area contributed by atoms with Gasteiger partial charge in [-0.25, -0.2) is 0 Å². The van der Waals surface area contributed by atoms with Gasteiger partial charge >= 0.3 is 0 Å². The Kier molecular flexibility index (Phi) is 7.09. The molecule has 0 aromatic heterocycles. The predicted molar refractivity (Wildman–Crippen MR) is 106 cm³/mol. The molecule has 0 aliphatic carbocycles. The van der Waals surface area contributed by atoms with E-state index in [2.05, 4.69) is 43.4 Å². The zero-order valence-corrected chi connectivity index (χ0v) is 16.6. The van der Waals surface area contributed by atoms with Gasteiger partial charge in [-0.15, -0.1) is 0 Å². The lowest BCUT2D eigenvalue weighted by atomic mass is 10.1. The first-order valence-electron chi connectivity index (χ1n) is 8.22. The van der Waals surface area contributed by atoms with Crippen LogP contribution in [0.5, 0.6) is 5.75 Å². The lowest BCUT2D eigenvalue weighted by molar-refractivity contribution is 0.0655. The summed E-state index contributed by atoms with van der Waals surface area (Å²) in [7, 11) is 0. The molecule has 0 N–H and O–H groups in total. The highest BCUT2D eigenvalue weighted by Crippen LogP contribution is 2.17. The number of nitrogens with zero attached hydrogens (tertiary/aromatic N) is 1. The van der Waals surface area contributed by atoms with Crippen LogP contribution in [0.3, 0.4) is 0 Å². The molecule has 1 atom stereocenters. The Balaban J connectivity index is 2.00. The number of rotatable bonds is 7. The fraction of sp³-hybridized carbons (Fsp3) is 0.350. The molecular formula is C20H24INO2. The molecule has 1 unspecified atom stereocenters. The molecule has 0 saturated carbocycles. The largest absolute Gasteiger partial charge is 0.493 e. The summed E-state index contributed by atoms with van der Waals surface area (Å²) in [4.78, 5) is 14.8. The molecule has 0 saturated heterocycles. The highest BCUT2D eigenvalue weighted by atomic mass is 127. The number of carbonyl (C=O) groups excluding carboxylic acids is 1. The Morgan fingerprint density at radius 2 is 1.67 bits per heavy atom. The molecule has 3 nitrogen and oxygen atoms in total. The monoisotopic (exact) mass is 437 g/mol. The second-order valence-electron chi connectivity index (χ2n) is 6.26. The minimum absolute atomic E-state index is 0.0848. The van der Waals surface area contributed by atoms with Crippen molar-refractivity contribution in [2.45, 2.75) is 26.8 Å². The van der Waals surface area contributed by atoms with Crippen molar-refractivity contribution in [3.63, 3.8) is 0 Å². The summed E-state index contributed by atoms with van der Waals surface area (Å²) in [6.07, 6.45) is 0. The van der Waals surface area contributed by atoms with Crippen LogP contribution in [0, 0.1) is 9.49 Å². The molecule has 0 aliphatic rings. The van der Waals surface area contributed by atoms with Gasteiger partial charge in [0.25, 0.3) is 5.91 Å². The number of carbonyl (C=O) groups is 1. The van der Waals surface area contributed by atoms with Crippen LogP contribution in [0.4, 0.5) is 0 Å². The third-order valence-electron chi connectivity index (χ3n) is 3.77. The third kappa shape index (κ3) is 5.23. The molecule has 1 amide bonds. The number of hydrogen-bond acceptors (Lipinski definition) is 2. The van der Waals surface area contributed by atoms with Crippen LogP contribution in [0.25, 0.3) is 0 Å². The smallest absolute Gasteiger partial charge is 0.255 e. The van der Waals surface area contributed by atoms with Gasteiger partial charge in [0.1, 0.15) is 5.75 Å². The molecule has 0 radical (unpaired) electrons. The molecular weight excluding hydrogens is 413 g/mol. The van der Waals surface area contributed by atoms with E-state index in [1.54, 1.807) is 0 Å².